The van der Waals surface area contributed by atoms with E-state index in [0.29, 0.717) is 22.8 Å². The molecule has 9 heteroatoms. The van der Waals surface area contributed by atoms with Gasteiger partial charge in [0.1, 0.15) is 0 Å². The van der Waals surface area contributed by atoms with Crippen molar-refractivity contribution >= 4 is 17.8 Å². The van der Waals surface area contributed by atoms with E-state index in [1.165, 1.54) is 37.6 Å². The highest BCUT2D eigenvalue weighted by Crippen LogP contribution is 2.41. The van der Waals surface area contributed by atoms with Crippen molar-refractivity contribution in [2.75, 3.05) is 13.9 Å². The van der Waals surface area contributed by atoms with Gasteiger partial charge in [-0.25, -0.2) is 5.43 Å². The van der Waals surface area contributed by atoms with Crippen LogP contribution in [-0.4, -0.2) is 30.9 Å². The minimum atomic E-state index is -0.535. The summed E-state index contributed by atoms with van der Waals surface area (Å²) in [7, 11) is 1.51. The molecule has 0 atom stereocenters. The molecule has 1 amide bonds. The fourth-order valence-corrected chi connectivity index (χ4v) is 2.19. The van der Waals surface area contributed by atoms with Gasteiger partial charge in [-0.3, -0.25) is 14.9 Å². The number of fused-ring (bicyclic) bond motifs is 1. The Morgan fingerprint density at radius 2 is 2.08 bits per heavy atom. The monoisotopic (exact) mass is 343 g/mol. The van der Waals surface area contributed by atoms with Crippen LogP contribution in [0.4, 0.5) is 5.69 Å². The molecular weight excluding hydrogens is 330 g/mol. The fourth-order valence-electron chi connectivity index (χ4n) is 2.19. The molecule has 0 aliphatic carbocycles. The first-order valence-electron chi connectivity index (χ1n) is 7.14. The normalized spacial score (nSPS) is 12.2. The minimum absolute atomic E-state index is 0.0903. The van der Waals surface area contributed by atoms with E-state index in [1.807, 2.05) is 0 Å². The highest BCUT2D eigenvalue weighted by atomic mass is 16.7. The summed E-state index contributed by atoms with van der Waals surface area (Å²) in [5.41, 5.74) is 3.16. The van der Waals surface area contributed by atoms with E-state index >= 15 is 0 Å². The number of nitro benzene ring substituents is 1. The maximum Gasteiger partial charge on any atom is 0.271 e. The third-order valence-corrected chi connectivity index (χ3v) is 3.40. The predicted octanol–water partition coefficient (Wildman–Crippen LogP) is 2.10. The number of rotatable bonds is 5. The van der Waals surface area contributed by atoms with Crippen molar-refractivity contribution < 1.29 is 23.9 Å². The maximum atomic E-state index is 12.0. The second kappa shape index (κ2) is 6.87. The van der Waals surface area contributed by atoms with Crippen molar-refractivity contribution in [3.8, 4) is 17.2 Å². The summed E-state index contributed by atoms with van der Waals surface area (Å²) in [6.07, 6.45) is 1.42. The Labute approximate surface area is 142 Å². The van der Waals surface area contributed by atoms with Crippen LogP contribution in [0.1, 0.15) is 15.9 Å². The first-order chi connectivity index (χ1) is 12.1. The molecule has 9 nitrogen and oxygen atoms in total. The summed E-state index contributed by atoms with van der Waals surface area (Å²) in [6, 6.07) is 8.60. The number of amides is 1. The number of methoxy groups -OCH3 is 1. The quantitative estimate of drug-likeness (QED) is 0.505. The second-order valence-electron chi connectivity index (χ2n) is 4.96. The SMILES string of the molecule is COc1cc(/C=N\NC(=O)c2ccc([N+](=O)[O-])cc2)cc2c1OCO2. The van der Waals surface area contributed by atoms with Crippen molar-refractivity contribution in [2.45, 2.75) is 0 Å². The number of nitro groups is 1. The standard InChI is InChI=1S/C16H13N3O6/c1-23-13-6-10(7-14-15(13)25-9-24-14)8-17-18-16(20)11-2-4-12(5-3-11)19(21)22/h2-8H,9H2,1H3,(H,18,20)/b17-8-. The highest BCUT2D eigenvalue weighted by molar-refractivity contribution is 5.95. The molecule has 0 saturated heterocycles. The number of carbonyl (C=O) groups excluding carboxylic acids is 1. The van der Waals surface area contributed by atoms with E-state index < -0.39 is 10.8 Å². The summed E-state index contributed by atoms with van der Waals surface area (Å²) in [6.45, 7) is 0.114. The molecule has 128 valence electrons. The molecule has 0 unspecified atom stereocenters. The molecule has 1 aliphatic rings. The van der Waals surface area contributed by atoms with Gasteiger partial charge >= 0.3 is 0 Å². The number of ether oxygens (including phenoxy) is 3. The number of non-ortho nitro benzene ring substituents is 1. The van der Waals surface area contributed by atoms with Gasteiger partial charge in [-0.1, -0.05) is 0 Å². The summed E-state index contributed by atoms with van der Waals surface area (Å²) >= 11 is 0. The van der Waals surface area contributed by atoms with Crippen LogP contribution in [0.3, 0.4) is 0 Å². The van der Waals surface area contributed by atoms with Crippen LogP contribution in [0.5, 0.6) is 17.2 Å². The van der Waals surface area contributed by atoms with Gasteiger partial charge < -0.3 is 14.2 Å². The third-order valence-electron chi connectivity index (χ3n) is 3.40. The van der Waals surface area contributed by atoms with Gasteiger partial charge in [0, 0.05) is 23.3 Å². The van der Waals surface area contributed by atoms with Crippen LogP contribution in [0, 0.1) is 10.1 Å². The molecule has 0 radical (unpaired) electrons. The Bertz CT molecular complexity index is 848. The summed E-state index contributed by atoms with van der Waals surface area (Å²) in [5.74, 6) is 1.06. The molecule has 1 aliphatic heterocycles. The third kappa shape index (κ3) is 3.50. The van der Waals surface area contributed by atoms with Gasteiger partial charge in [0.05, 0.1) is 18.2 Å². The Kier molecular flexibility index (Phi) is 4.46. The van der Waals surface area contributed by atoms with Crippen LogP contribution < -0.4 is 19.6 Å². The Balaban J connectivity index is 1.68. The Hall–Kier alpha value is -3.62. The number of carbonyl (C=O) groups is 1. The van der Waals surface area contributed by atoms with E-state index in [2.05, 4.69) is 10.5 Å². The lowest BCUT2D eigenvalue weighted by Gasteiger charge is -2.05. The van der Waals surface area contributed by atoms with Gasteiger partial charge in [0.25, 0.3) is 11.6 Å². The minimum Gasteiger partial charge on any atom is -0.493 e. The molecule has 3 rings (SSSR count). The van der Waals surface area contributed by atoms with Crippen molar-refractivity contribution in [3.05, 3.63) is 57.6 Å². The van der Waals surface area contributed by atoms with Crippen LogP contribution in [0.2, 0.25) is 0 Å². The number of nitrogens with one attached hydrogen (secondary N) is 1. The van der Waals surface area contributed by atoms with Gasteiger partial charge in [-0.15, -0.1) is 0 Å². The molecule has 1 N–H and O–H groups in total. The van der Waals surface area contributed by atoms with Gasteiger partial charge in [-0.05, 0) is 24.3 Å². The maximum absolute atomic E-state index is 12.0. The van der Waals surface area contributed by atoms with Crippen molar-refractivity contribution in [1.29, 1.82) is 0 Å². The topological polar surface area (TPSA) is 112 Å². The van der Waals surface area contributed by atoms with E-state index in [1.54, 1.807) is 12.1 Å². The molecule has 0 fully saturated rings. The fraction of sp³-hybridized carbons (Fsp3) is 0.125. The van der Waals surface area contributed by atoms with Gasteiger partial charge in [-0.2, -0.15) is 5.10 Å². The molecule has 25 heavy (non-hydrogen) atoms. The van der Waals surface area contributed by atoms with Crippen molar-refractivity contribution in [3.63, 3.8) is 0 Å². The largest absolute Gasteiger partial charge is 0.493 e. The lowest BCUT2D eigenvalue weighted by molar-refractivity contribution is -0.384. The molecule has 0 aromatic heterocycles. The molecule has 2 aromatic carbocycles. The van der Waals surface area contributed by atoms with Gasteiger partial charge in [0.15, 0.2) is 11.5 Å². The average Bonchev–Trinajstić information content (AvgIpc) is 3.09. The lowest BCUT2D eigenvalue weighted by atomic mass is 10.2. The van der Waals surface area contributed by atoms with E-state index in [4.69, 9.17) is 14.2 Å². The predicted molar refractivity (Wildman–Crippen MR) is 87.3 cm³/mol. The first-order valence-corrected chi connectivity index (χ1v) is 7.14. The smallest absolute Gasteiger partial charge is 0.271 e. The first kappa shape index (κ1) is 16.2. The Morgan fingerprint density at radius 1 is 1.32 bits per heavy atom. The number of hydrazone groups is 1. The van der Waals surface area contributed by atoms with Crippen molar-refractivity contribution in [2.24, 2.45) is 5.10 Å². The highest BCUT2D eigenvalue weighted by Gasteiger charge is 2.19. The average molecular weight is 343 g/mol. The zero-order valence-electron chi connectivity index (χ0n) is 13.1. The number of nitrogens with zero attached hydrogens (tertiary/aromatic N) is 2. The van der Waals surface area contributed by atoms with E-state index in [-0.39, 0.29) is 18.0 Å². The van der Waals surface area contributed by atoms with Gasteiger partial charge in [0.2, 0.25) is 12.5 Å². The van der Waals surface area contributed by atoms with Crippen LogP contribution in [-0.2, 0) is 0 Å². The second-order valence-corrected chi connectivity index (χ2v) is 4.96. The summed E-state index contributed by atoms with van der Waals surface area (Å²) in [4.78, 5) is 22.0. The van der Waals surface area contributed by atoms with Crippen LogP contribution in [0.15, 0.2) is 41.5 Å². The number of hydrogen-bond donors (Lipinski definition) is 1. The van der Waals surface area contributed by atoms with E-state index in [0.717, 1.165) is 0 Å². The number of benzene rings is 2. The summed E-state index contributed by atoms with van der Waals surface area (Å²) in [5, 5.41) is 14.5. The molecule has 0 spiro atoms. The van der Waals surface area contributed by atoms with Crippen molar-refractivity contribution in [1.82, 2.24) is 5.43 Å². The molecule has 1 heterocycles. The molecule has 2 aromatic rings. The van der Waals surface area contributed by atoms with Crippen LogP contribution in [0.25, 0.3) is 0 Å². The zero-order chi connectivity index (χ0) is 17.8. The lowest BCUT2D eigenvalue weighted by Crippen LogP contribution is -2.17. The Morgan fingerprint density at radius 3 is 2.76 bits per heavy atom. The molecule has 0 bridgehead atoms. The molecule has 0 saturated carbocycles. The van der Waals surface area contributed by atoms with E-state index in [9.17, 15) is 14.9 Å². The number of hydrogen-bond acceptors (Lipinski definition) is 7. The zero-order valence-corrected chi connectivity index (χ0v) is 13.1. The summed E-state index contributed by atoms with van der Waals surface area (Å²) < 4.78 is 15.8. The van der Waals surface area contributed by atoms with Crippen LogP contribution >= 0.6 is 0 Å². The molecular formula is C16H13N3O6.